The van der Waals surface area contributed by atoms with E-state index >= 15 is 0 Å². The summed E-state index contributed by atoms with van der Waals surface area (Å²) in [7, 11) is 0. The van der Waals surface area contributed by atoms with E-state index in [9.17, 15) is 4.79 Å². The van der Waals surface area contributed by atoms with Gasteiger partial charge in [0.25, 0.3) is 0 Å². The molecule has 0 saturated carbocycles. The van der Waals surface area contributed by atoms with Crippen molar-refractivity contribution in [1.82, 2.24) is 0 Å². The van der Waals surface area contributed by atoms with Crippen molar-refractivity contribution in [2.75, 3.05) is 19.8 Å². The fourth-order valence-electron chi connectivity index (χ4n) is 1.31. The molecule has 0 fully saturated rings. The molecule has 0 heterocycles. The predicted molar refractivity (Wildman–Crippen MR) is 67.6 cm³/mol. The summed E-state index contributed by atoms with van der Waals surface area (Å²) in [6, 6.07) is 7.10. The molecule has 0 aromatic heterocycles. The number of aldehydes is 1. The third-order valence-electron chi connectivity index (χ3n) is 2.20. The molecule has 0 spiro atoms. The zero-order chi connectivity index (χ0) is 12.3. The van der Waals surface area contributed by atoms with Crippen molar-refractivity contribution < 1.29 is 14.3 Å². The highest BCUT2D eigenvalue weighted by molar-refractivity contribution is 5.74. The molecule has 1 rings (SSSR count). The summed E-state index contributed by atoms with van der Waals surface area (Å²) >= 11 is 0. The minimum atomic E-state index is 0.605. The Morgan fingerprint density at radius 3 is 2.47 bits per heavy atom. The van der Waals surface area contributed by atoms with Crippen LogP contribution in [0.25, 0.3) is 0 Å². The molecule has 17 heavy (non-hydrogen) atoms. The van der Waals surface area contributed by atoms with Gasteiger partial charge in [-0.1, -0.05) is 6.08 Å². The van der Waals surface area contributed by atoms with Crippen LogP contribution >= 0.6 is 0 Å². The molecule has 0 saturated heterocycles. The topological polar surface area (TPSA) is 35.5 Å². The second-order valence-corrected chi connectivity index (χ2v) is 3.61. The lowest BCUT2D eigenvalue weighted by molar-refractivity contribution is 0.112. The van der Waals surface area contributed by atoms with E-state index in [2.05, 4.69) is 6.58 Å². The van der Waals surface area contributed by atoms with Gasteiger partial charge in [0.1, 0.15) is 12.0 Å². The van der Waals surface area contributed by atoms with Crippen molar-refractivity contribution in [2.24, 2.45) is 0 Å². The average molecular weight is 234 g/mol. The molecule has 1 aromatic rings. The Bertz CT molecular complexity index is 330. The van der Waals surface area contributed by atoms with Crippen LogP contribution in [0.1, 0.15) is 23.2 Å². The Hall–Kier alpha value is -1.61. The zero-order valence-electron chi connectivity index (χ0n) is 9.93. The van der Waals surface area contributed by atoms with Crippen molar-refractivity contribution in [1.29, 1.82) is 0 Å². The van der Waals surface area contributed by atoms with Crippen LogP contribution in [-0.4, -0.2) is 26.1 Å². The van der Waals surface area contributed by atoms with Gasteiger partial charge in [-0.2, -0.15) is 0 Å². The third kappa shape index (κ3) is 5.88. The molecule has 92 valence electrons. The normalized spacial score (nSPS) is 9.88. The number of benzene rings is 1. The Morgan fingerprint density at radius 1 is 1.12 bits per heavy atom. The van der Waals surface area contributed by atoms with Crippen LogP contribution in [0.15, 0.2) is 36.9 Å². The Balaban J connectivity index is 2.09. The molecular weight excluding hydrogens is 216 g/mol. The molecular formula is C14H18O3. The maximum atomic E-state index is 10.4. The molecule has 0 N–H and O–H groups in total. The van der Waals surface area contributed by atoms with E-state index in [1.54, 1.807) is 30.3 Å². The molecule has 0 radical (unpaired) electrons. The Morgan fingerprint density at radius 2 is 1.82 bits per heavy atom. The smallest absolute Gasteiger partial charge is 0.150 e. The van der Waals surface area contributed by atoms with Gasteiger partial charge in [-0.15, -0.1) is 6.58 Å². The fourth-order valence-corrected chi connectivity index (χ4v) is 1.31. The summed E-state index contributed by atoms with van der Waals surface area (Å²) in [4.78, 5) is 10.4. The van der Waals surface area contributed by atoms with Crippen molar-refractivity contribution >= 4 is 6.29 Å². The van der Waals surface area contributed by atoms with Gasteiger partial charge >= 0.3 is 0 Å². The number of hydrogen-bond acceptors (Lipinski definition) is 3. The molecule has 0 amide bonds. The van der Waals surface area contributed by atoms with Crippen LogP contribution < -0.4 is 4.74 Å². The first-order chi connectivity index (χ1) is 8.36. The molecule has 0 aliphatic rings. The highest BCUT2D eigenvalue weighted by atomic mass is 16.5. The summed E-state index contributed by atoms with van der Waals surface area (Å²) in [5.74, 6) is 0.794. The van der Waals surface area contributed by atoms with E-state index in [-0.39, 0.29) is 0 Å². The van der Waals surface area contributed by atoms with E-state index < -0.39 is 0 Å². The molecule has 3 nitrogen and oxygen atoms in total. The van der Waals surface area contributed by atoms with Crippen LogP contribution in [0, 0.1) is 0 Å². The van der Waals surface area contributed by atoms with Crippen LogP contribution in [0.4, 0.5) is 0 Å². The summed E-state index contributed by atoms with van der Waals surface area (Å²) in [6.07, 6.45) is 4.48. The van der Waals surface area contributed by atoms with Crippen LogP contribution in [0.5, 0.6) is 5.75 Å². The first kappa shape index (κ1) is 13.5. The first-order valence-corrected chi connectivity index (χ1v) is 5.73. The lowest BCUT2D eigenvalue weighted by atomic mass is 10.2. The van der Waals surface area contributed by atoms with E-state index in [1.165, 1.54) is 0 Å². The summed E-state index contributed by atoms with van der Waals surface area (Å²) in [5.41, 5.74) is 0.662. The van der Waals surface area contributed by atoms with E-state index in [0.717, 1.165) is 31.5 Å². The van der Waals surface area contributed by atoms with Gasteiger partial charge in [-0.25, -0.2) is 0 Å². The predicted octanol–water partition coefficient (Wildman–Crippen LogP) is 2.86. The van der Waals surface area contributed by atoms with Gasteiger partial charge < -0.3 is 9.47 Å². The molecule has 0 atom stereocenters. The number of hydrogen-bond donors (Lipinski definition) is 0. The van der Waals surface area contributed by atoms with Crippen LogP contribution in [0.3, 0.4) is 0 Å². The minimum absolute atomic E-state index is 0.605. The third-order valence-corrected chi connectivity index (χ3v) is 2.20. The largest absolute Gasteiger partial charge is 0.494 e. The summed E-state index contributed by atoms with van der Waals surface area (Å²) in [6.45, 7) is 5.58. The lowest BCUT2D eigenvalue weighted by Crippen LogP contribution is -2.01. The lowest BCUT2D eigenvalue weighted by Gasteiger charge is -2.06. The second kappa shape index (κ2) is 8.53. The average Bonchev–Trinajstić information content (AvgIpc) is 2.38. The monoisotopic (exact) mass is 234 g/mol. The number of carbonyl (C=O) groups excluding carboxylic acids is 1. The van der Waals surface area contributed by atoms with Crippen molar-refractivity contribution in [3.05, 3.63) is 42.5 Å². The standard InChI is InChI=1S/C14H18O3/c1-2-9-16-10-3-4-11-17-14-7-5-13(12-15)6-8-14/h2,5-8,12H,1,3-4,9-11H2. The van der Waals surface area contributed by atoms with E-state index in [0.29, 0.717) is 18.8 Å². The van der Waals surface area contributed by atoms with Gasteiger partial charge in [-0.05, 0) is 37.1 Å². The quantitative estimate of drug-likeness (QED) is 0.374. The Kier molecular flexibility index (Phi) is 6.75. The number of carbonyl (C=O) groups is 1. The van der Waals surface area contributed by atoms with Gasteiger partial charge in [0.15, 0.2) is 0 Å². The first-order valence-electron chi connectivity index (χ1n) is 5.73. The highest BCUT2D eigenvalue weighted by Gasteiger charge is 1.94. The van der Waals surface area contributed by atoms with Crippen LogP contribution in [0.2, 0.25) is 0 Å². The van der Waals surface area contributed by atoms with Gasteiger partial charge in [-0.3, -0.25) is 4.79 Å². The summed E-state index contributed by atoms with van der Waals surface area (Å²) in [5, 5.41) is 0. The number of unbranched alkanes of at least 4 members (excludes halogenated alkanes) is 1. The fraction of sp³-hybridized carbons (Fsp3) is 0.357. The maximum absolute atomic E-state index is 10.4. The van der Waals surface area contributed by atoms with Gasteiger partial charge in [0, 0.05) is 12.2 Å². The number of rotatable bonds is 9. The van der Waals surface area contributed by atoms with Crippen molar-refractivity contribution in [3.63, 3.8) is 0 Å². The molecule has 0 bridgehead atoms. The number of ether oxygens (including phenoxy) is 2. The van der Waals surface area contributed by atoms with Crippen LogP contribution in [-0.2, 0) is 4.74 Å². The summed E-state index contributed by atoms with van der Waals surface area (Å²) < 4.78 is 10.8. The molecule has 0 unspecified atom stereocenters. The zero-order valence-corrected chi connectivity index (χ0v) is 9.93. The van der Waals surface area contributed by atoms with Gasteiger partial charge in [0.2, 0.25) is 0 Å². The van der Waals surface area contributed by atoms with E-state index in [4.69, 9.17) is 9.47 Å². The van der Waals surface area contributed by atoms with Gasteiger partial charge in [0.05, 0.1) is 13.2 Å². The molecule has 0 aliphatic heterocycles. The molecule has 3 heteroatoms. The molecule has 0 aliphatic carbocycles. The van der Waals surface area contributed by atoms with Crippen molar-refractivity contribution in [2.45, 2.75) is 12.8 Å². The minimum Gasteiger partial charge on any atom is -0.494 e. The second-order valence-electron chi connectivity index (χ2n) is 3.61. The van der Waals surface area contributed by atoms with E-state index in [1.807, 2.05) is 0 Å². The highest BCUT2D eigenvalue weighted by Crippen LogP contribution is 2.11. The SMILES string of the molecule is C=CCOCCCCOc1ccc(C=O)cc1. The Labute approximate surface area is 102 Å². The maximum Gasteiger partial charge on any atom is 0.150 e. The van der Waals surface area contributed by atoms with Crippen molar-refractivity contribution in [3.8, 4) is 5.75 Å². The molecule has 1 aromatic carbocycles.